The van der Waals surface area contributed by atoms with E-state index in [0.29, 0.717) is 34.6 Å². The molecule has 5 rings (SSSR count). The molecule has 1 fully saturated rings. The van der Waals surface area contributed by atoms with Gasteiger partial charge in [0, 0.05) is 12.7 Å². The van der Waals surface area contributed by atoms with Gasteiger partial charge in [-0.2, -0.15) is 0 Å². The van der Waals surface area contributed by atoms with E-state index in [0.717, 1.165) is 31.2 Å². The molecule has 3 aromatic heterocycles. The lowest BCUT2D eigenvalue weighted by molar-refractivity contribution is -0.685. The number of pyridine rings is 2. The van der Waals surface area contributed by atoms with Crippen molar-refractivity contribution in [1.29, 1.82) is 0 Å². The van der Waals surface area contributed by atoms with Gasteiger partial charge < -0.3 is 11.1 Å². The van der Waals surface area contributed by atoms with Crippen LogP contribution in [0.1, 0.15) is 47.6 Å². The van der Waals surface area contributed by atoms with Crippen molar-refractivity contribution in [3.63, 3.8) is 0 Å². The second kappa shape index (κ2) is 7.83. The highest BCUT2D eigenvalue weighted by molar-refractivity contribution is 6.00. The first-order chi connectivity index (χ1) is 15.1. The van der Waals surface area contributed by atoms with Crippen LogP contribution in [0.25, 0.3) is 16.7 Å². The highest BCUT2D eigenvalue weighted by Gasteiger charge is 2.30. The first-order valence-corrected chi connectivity index (χ1v) is 10.6. The fourth-order valence-corrected chi connectivity index (χ4v) is 4.45. The van der Waals surface area contributed by atoms with Crippen LogP contribution in [0.5, 0.6) is 0 Å². The van der Waals surface area contributed by atoms with Crippen molar-refractivity contribution in [3.05, 3.63) is 82.3 Å². The number of benzene rings is 1. The number of carbonyl (C=O) groups excluding carboxylic acids is 1. The molecule has 0 unspecified atom stereocenters. The number of nitrogens with one attached hydrogen (secondary N) is 1. The highest BCUT2D eigenvalue weighted by Crippen LogP contribution is 2.28. The van der Waals surface area contributed by atoms with Gasteiger partial charge in [-0.15, -0.1) is 0 Å². The van der Waals surface area contributed by atoms with Crippen molar-refractivity contribution in [2.24, 2.45) is 0 Å². The molecule has 7 nitrogen and oxygen atoms in total. The van der Waals surface area contributed by atoms with E-state index in [1.165, 1.54) is 4.40 Å². The van der Waals surface area contributed by atoms with Crippen LogP contribution in [0.3, 0.4) is 0 Å². The molecular formula is C24H24N5O2+. The molecule has 3 heterocycles. The largest absolute Gasteiger partial charge is 0.348 e. The third kappa shape index (κ3) is 3.42. The number of amides is 1. The molecular weight excluding hydrogens is 390 g/mol. The lowest BCUT2D eigenvalue weighted by atomic mass is 10.1. The number of rotatable bonds is 4. The van der Waals surface area contributed by atoms with Gasteiger partial charge in [-0.1, -0.05) is 41.4 Å². The molecule has 1 aromatic carbocycles. The van der Waals surface area contributed by atoms with Crippen LogP contribution in [-0.4, -0.2) is 15.3 Å². The van der Waals surface area contributed by atoms with Gasteiger partial charge in [0.25, 0.3) is 17.1 Å². The topological polar surface area (TPSA) is 93.4 Å². The summed E-state index contributed by atoms with van der Waals surface area (Å²) in [5.41, 5.74) is 8.75. The quantitative estimate of drug-likeness (QED) is 0.397. The number of hydrogen-bond donors (Lipinski definition) is 2. The van der Waals surface area contributed by atoms with Gasteiger partial charge in [-0.3, -0.25) is 14.0 Å². The molecule has 4 aromatic rings. The fraction of sp³-hybridized carbons (Fsp3) is 0.250. The second-order valence-corrected chi connectivity index (χ2v) is 8.00. The zero-order chi connectivity index (χ0) is 21.4. The van der Waals surface area contributed by atoms with E-state index in [9.17, 15) is 9.59 Å². The van der Waals surface area contributed by atoms with Crippen LogP contribution < -0.4 is 21.2 Å². The molecule has 3 N–H and O–H groups in total. The van der Waals surface area contributed by atoms with Crippen LogP contribution in [0.2, 0.25) is 0 Å². The Morgan fingerprint density at radius 2 is 1.87 bits per heavy atom. The van der Waals surface area contributed by atoms with Crippen molar-refractivity contribution >= 4 is 28.4 Å². The number of nitrogen functional groups attached to an aromatic ring is 1. The van der Waals surface area contributed by atoms with E-state index in [1.807, 2.05) is 41.0 Å². The maximum atomic E-state index is 13.3. The molecule has 1 aliphatic carbocycles. The second-order valence-electron chi connectivity index (χ2n) is 8.00. The molecule has 0 aliphatic heterocycles. The first kappa shape index (κ1) is 19.2. The Morgan fingerprint density at radius 1 is 1.13 bits per heavy atom. The average molecular weight is 414 g/mol. The van der Waals surface area contributed by atoms with Crippen LogP contribution in [0.4, 0.5) is 5.82 Å². The van der Waals surface area contributed by atoms with Crippen molar-refractivity contribution in [2.45, 2.75) is 38.3 Å². The van der Waals surface area contributed by atoms with E-state index >= 15 is 0 Å². The summed E-state index contributed by atoms with van der Waals surface area (Å²) < 4.78 is 3.41. The van der Waals surface area contributed by atoms with Gasteiger partial charge in [0.2, 0.25) is 11.5 Å². The molecule has 1 saturated carbocycles. The number of nitrogens with two attached hydrogens (primary N) is 1. The standard InChI is InChI=1S/C24H23N5O2/c25-21-18(23(30)26-15-16-8-2-1-3-9-16)14-19-22(29(21)17-10-4-5-11-17)27-20-12-6-7-13-28(20)24(19)31/h1-3,6-9,12-14,17,25H,4-5,10-11,15H2,(H,26,30)/p+1. The van der Waals surface area contributed by atoms with Crippen molar-refractivity contribution < 1.29 is 9.36 Å². The smallest absolute Gasteiger partial charge is 0.278 e. The predicted molar refractivity (Wildman–Crippen MR) is 119 cm³/mol. The minimum atomic E-state index is -0.299. The van der Waals surface area contributed by atoms with Gasteiger partial charge >= 0.3 is 0 Å². The van der Waals surface area contributed by atoms with Crippen molar-refractivity contribution in [3.8, 4) is 0 Å². The molecule has 7 heteroatoms. The van der Waals surface area contributed by atoms with Gasteiger partial charge in [-0.05, 0) is 49.4 Å². The van der Waals surface area contributed by atoms with Crippen LogP contribution in [-0.2, 0) is 6.54 Å². The maximum absolute atomic E-state index is 13.3. The number of hydrogen-bond acceptors (Lipinski definition) is 4. The number of carbonyl (C=O) groups is 1. The van der Waals surface area contributed by atoms with Crippen LogP contribution in [0.15, 0.2) is 65.6 Å². The number of aromatic nitrogens is 3. The fourth-order valence-electron chi connectivity index (χ4n) is 4.45. The van der Waals surface area contributed by atoms with E-state index in [-0.39, 0.29) is 17.5 Å². The van der Waals surface area contributed by atoms with Crippen LogP contribution >= 0.6 is 0 Å². The summed E-state index contributed by atoms with van der Waals surface area (Å²) in [6.45, 7) is 0.384. The molecule has 1 amide bonds. The number of nitrogens with zero attached hydrogens (tertiary/aromatic N) is 3. The third-order valence-electron chi connectivity index (χ3n) is 6.03. The Kier molecular flexibility index (Phi) is 4.86. The molecule has 1 aliphatic rings. The Bertz CT molecular complexity index is 1340. The monoisotopic (exact) mass is 414 g/mol. The molecule has 0 atom stereocenters. The molecule has 156 valence electrons. The summed E-state index contributed by atoms with van der Waals surface area (Å²) in [5.74, 6) is 0.0599. The van der Waals surface area contributed by atoms with E-state index in [4.69, 9.17) is 10.7 Å². The minimum Gasteiger partial charge on any atom is -0.348 e. The summed E-state index contributed by atoms with van der Waals surface area (Å²) in [6, 6.07) is 16.8. The molecule has 31 heavy (non-hydrogen) atoms. The Balaban J connectivity index is 1.67. The molecule has 0 bridgehead atoms. The molecule has 0 saturated heterocycles. The van der Waals surface area contributed by atoms with E-state index in [1.54, 1.807) is 24.4 Å². The van der Waals surface area contributed by atoms with E-state index in [2.05, 4.69) is 5.32 Å². The van der Waals surface area contributed by atoms with Gasteiger partial charge in [0.15, 0.2) is 0 Å². The van der Waals surface area contributed by atoms with Gasteiger partial charge in [-0.25, -0.2) is 4.57 Å². The van der Waals surface area contributed by atoms with Crippen molar-refractivity contribution in [1.82, 2.24) is 14.7 Å². The lowest BCUT2D eigenvalue weighted by Gasteiger charge is -2.16. The molecule has 0 spiro atoms. The Labute approximate surface area is 179 Å². The highest BCUT2D eigenvalue weighted by atomic mass is 16.1. The Morgan fingerprint density at radius 3 is 2.65 bits per heavy atom. The van der Waals surface area contributed by atoms with Crippen molar-refractivity contribution in [2.75, 3.05) is 5.73 Å². The van der Waals surface area contributed by atoms with Gasteiger partial charge in [0.1, 0.15) is 10.9 Å². The summed E-state index contributed by atoms with van der Waals surface area (Å²) in [5, 5.41) is 3.33. The molecule has 0 radical (unpaired) electrons. The number of fused-ring (bicyclic) bond motifs is 2. The summed E-state index contributed by atoms with van der Waals surface area (Å²) in [7, 11) is 0. The van der Waals surface area contributed by atoms with Gasteiger partial charge in [0.05, 0.1) is 6.04 Å². The first-order valence-electron chi connectivity index (χ1n) is 10.6. The summed E-state index contributed by atoms with van der Waals surface area (Å²) >= 11 is 0. The summed E-state index contributed by atoms with van der Waals surface area (Å²) in [6.07, 6.45) is 5.78. The maximum Gasteiger partial charge on any atom is 0.278 e. The van der Waals surface area contributed by atoms with E-state index < -0.39 is 0 Å². The lowest BCUT2D eigenvalue weighted by Crippen LogP contribution is -2.45. The van der Waals surface area contributed by atoms with Crippen LogP contribution in [0, 0.1) is 0 Å². The number of anilines is 1. The average Bonchev–Trinajstić information content (AvgIpc) is 3.32. The minimum absolute atomic E-state index is 0.127. The normalized spacial score (nSPS) is 14.3. The SMILES string of the molecule is Nc1c(C(=O)NCc2ccccc2)cc2c(=O)n3ccccc3nc2[n+]1C1CCCC1. The Hall–Kier alpha value is -3.74. The predicted octanol–water partition coefficient (Wildman–Crippen LogP) is 2.76. The zero-order valence-electron chi connectivity index (χ0n) is 17.1. The zero-order valence-corrected chi connectivity index (χ0v) is 17.1. The summed E-state index contributed by atoms with van der Waals surface area (Å²) in [4.78, 5) is 31.1. The third-order valence-corrected chi connectivity index (χ3v) is 6.03.